The molecule has 0 aliphatic carbocycles. The number of phenolic OH excluding ortho intramolecular Hbond substituents is 1. The molecule has 1 unspecified atom stereocenters. The summed E-state index contributed by atoms with van der Waals surface area (Å²) in [5.74, 6) is -0.613. The van der Waals surface area contributed by atoms with Crippen LogP contribution in [0.3, 0.4) is 0 Å². The maximum Gasteiger partial charge on any atom is 0.354 e. The number of ether oxygens (including phenoxy) is 1. The average Bonchev–Trinajstić information content (AvgIpc) is 3.15. The summed E-state index contributed by atoms with van der Waals surface area (Å²) in [6.07, 6.45) is 3.01. The van der Waals surface area contributed by atoms with Gasteiger partial charge in [0, 0.05) is 31.4 Å². The van der Waals surface area contributed by atoms with E-state index in [0.29, 0.717) is 47.7 Å². The molecule has 1 amide bonds. The Morgan fingerprint density at radius 2 is 1.98 bits per heavy atom. The van der Waals surface area contributed by atoms with Crippen LogP contribution in [0.25, 0.3) is 27.7 Å². The topological polar surface area (TPSA) is 101 Å². The predicted octanol–water partition coefficient (Wildman–Crippen LogP) is 5.79. The first-order chi connectivity index (χ1) is 21.0. The van der Waals surface area contributed by atoms with Gasteiger partial charge in [-0.1, -0.05) is 51.9 Å². The molecule has 4 heterocycles. The van der Waals surface area contributed by atoms with Crippen molar-refractivity contribution in [2.75, 3.05) is 31.1 Å². The van der Waals surface area contributed by atoms with Crippen molar-refractivity contribution in [2.24, 2.45) is 0 Å². The Morgan fingerprint density at radius 1 is 1.20 bits per heavy atom. The lowest BCUT2D eigenvalue weighted by Gasteiger charge is -2.40. The van der Waals surface area contributed by atoms with Crippen molar-refractivity contribution in [3.05, 3.63) is 81.8 Å². The number of benzene rings is 2. The number of halogens is 2. The van der Waals surface area contributed by atoms with E-state index < -0.39 is 11.5 Å². The number of piperazine rings is 1. The number of pyridine rings is 1. The molecule has 1 N–H and O–H groups in total. The van der Waals surface area contributed by atoms with Gasteiger partial charge in [0.1, 0.15) is 24.0 Å². The van der Waals surface area contributed by atoms with Crippen molar-refractivity contribution in [3.8, 4) is 28.3 Å². The van der Waals surface area contributed by atoms with Gasteiger partial charge in [-0.2, -0.15) is 4.98 Å². The van der Waals surface area contributed by atoms with Crippen LogP contribution in [0.1, 0.15) is 50.8 Å². The van der Waals surface area contributed by atoms with E-state index in [-0.39, 0.29) is 58.0 Å². The number of hydrogen-bond acceptors (Lipinski definition) is 7. The van der Waals surface area contributed by atoms with Crippen LogP contribution >= 0.6 is 11.6 Å². The van der Waals surface area contributed by atoms with E-state index >= 15 is 4.39 Å². The molecule has 2 aliphatic heterocycles. The number of carbonyl (C=O) groups is 1. The summed E-state index contributed by atoms with van der Waals surface area (Å²) < 4.78 is 23.3. The number of nitrogens with zero attached hydrogens (tertiary/aromatic N) is 5. The summed E-state index contributed by atoms with van der Waals surface area (Å²) in [4.78, 5) is 39.7. The minimum atomic E-state index is -0.682. The molecule has 44 heavy (non-hydrogen) atoms. The lowest BCUT2D eigenvalue weighted by Crippen LogP contribution is -2.56. The molecule has 6 rings (SSSR count). The molecular formula is C33H33ClFN5O4. The highest BCUT2D eigenvalue weighted by Gasteiger charge is 2.37. The Kier molecular flexibility index (Phi) is 7.57. The molecule has 0 saturated carbocycles. The number of carbonyl (C=O) groups excluding carboxylic acids is 1. The lowest BCUT2D eigenvalue weighted by molar-refractivity contribution is -0.126. The fourth-order valence-corrected chi connectivity index (χ4v) is 6.53. The monoisotopic (exact) mass is 617 g/mol. The van der Waals surface area contributed by atoms with Gasteiger partial charge in [-0.05, 0) is 47.7 Å². The molecule has 1 saturated heterocycles. The second-order valence-corrected chi connectivity index (χ2v) is 12.1. The third-order valence-corrected chi connectivity index (χ3v) is 8.73. The van der Waals surface area contributed by atoms with Gasteiger partial charge < -0.3 is 19.6 Å². The van der Waals surface area contributed by atoms with Crippen LogP contribution in [0.2, 0.25) is 5.02 Å². The van der Waals surface area contributed by atoms with Crippen molar-refractivity contribution < 1.29 is 19.0 Å². The van der Waals surface area contributed by atoms with Gasteiger partial charge in [0.15, 0.2) is 5.75 Å². The minimum Gasteiger partial charge on any atom is -0.507 e. The number of fused-ring (bicyclic) bond motifs is 2. The molecule has 2 aromatic carbocycles. The van der Waals surface area contributed by atoms with Gasteiger partial charge in [-0.3, -0.25) is 14.3 Å². The number of aromatic nitrogens is 3. The molecular weight excluding hydrogens is 585 g/mol. The van der Waals surface area contributed by atoms with Crippen molar-refractivity contribution in [2.45, 2.75) is 45.6 Å². The van der Waals surface area contributed by atoms with Crippen molar-refractivity contribution in [3.63, 3.8) is 0 Å². The molecule has 2 aromatic heterocycles. The van der Waals surface area contributed by atoms with E-state index in [1.807, 2.05) is 38.7 Å². The normalized spacial score (nSPS) is 16.2. The van der Waals surface area contributed by atoms with Gasteiger partial charge in [0.05, 0.1) is 38.9 Å². The van der Waals surface area contributed by atoms with Gasteiger partial charge in [0.25, 0.3) is 0 Å². The predicted molar refractivity (Wildman–Crippen MR) is 169 cm³/mol. The summed E-state index contributed by atoms with van der Waals surface area (Å²) in [5, 5.41) is 11.3. The third-order valence-electron chi connectivity index (χ3n) is 8.36. The molecule has 11 heteroatoms. The molecule has 0 radical (unpaired) electrons. The van der Waals surface area contributed by atoms with Gasteiger partial charge in [0.2, 0.25) is 5.91 Å². The maximum atomic E-state index is 15.4. The van der Waals surface area contributed by atoms with E-state index in [9.17, 15) is 14.7 Å². The fraction of sp³-hybridized carbons (Fsp3) is 0.333. The quantitative estimate of drug-likeness (QED) is 0.283. The van der Waals surface area contributed by atoms with Crippen molar-refractivity contribution >= 4 is 34.2 Å². The number of rotatable bonds is 5. The smallest absolute Gasteiger partial charge is 0.354 e. The highest BCUT2D eigenvalue weighted by atomic mass is 35.5. The number of aromatic hydroxyl groups is 1. The minimum absolute atomic E-state index is 0.0285. The van der Waals surface area contributed by atoms with E-state index in [2.05, 4.69) is 16.5 Å². The molecule has 228 valence electrons. The highest BCUT2D eigenvalue weighted by molar-refractivity contribution is 6.36. The van der Waals surface area contributed by atoms with Crippen LogP contribution in [0.4, 0.5) is 10.2 Å². The van der Waals surface area contributed by atoms with Gasteiger partial charge in [-0.15, -0.1) is 0 Å². The fourth-order valence-electron chi connectivity index (χ4n) is 6.24. The van der Waals surface area contributed by atoms with Crippen molar-refractivity contribution in [1.29, 1.82) is 0 Å². The van der Waals surface area contributed by atoms with Crippen LogP contribution in [-0.2, 0) is 4.79 Å². The zero-order valence-electron chi connectivity index (χ0n) is 25.0. The zero-order valence-corrected chi connectivity index (χ0v) is 25.7. The first kappa shape index (κ1) is 29.6. The van der Waals surface area contributed by atoms with E-state index in [4.69, 9.17) is 16.3 Å². The molecule has 2 aliphatic rings. The average molecular weight is 618 g/mol. The summed E-state index contributed by atoms with van der Waals surface area (Å²) in [5.41, 5.74) is 2.08. The third kappa shape index (κ3) is 4.68. The Balaban J connectivity index is 1.74. The molecule has 1 fully saturated rings. The van der Waals surface area contributed by atoms with Crippen LogP contribution in [0.5, 0.6) is 11.5 Å². The van der Waals surface area contributed by atoms with Gasteiger partial charge >= 0.3 is 5.69 Å². The van der Waals surface area contributed by atoms with Crippen molar-refractivity contribution in [1.82, 2.24) is 19.4 Å². The second kappa shape index (κ2) is 11.2. The number of phenols is 1. The van der Waals surface area contributed by atoms with Crippen LogP contribution in [0.15, 0.2) is 54.0 Å². The summed E-state index contributed by atoms with van der Waals surface area (Å²) in [6, 6.07) is 7.18. The molecule has 1 atom stereocenters. The Morgan fingerprint density at radius 3 is 2.66 bits per heavy atom. The zero-order chi connectivity index (χ0) is 31.4. The van der Waals surface area contributed by atoms with E-state index in [1.165, 1.54) is 28.8 Å². The second-order valence-electron chi connectivity index (χ2n) is 11.7. The van der Waals surface area contributed by atoms with Crippen LogP contribution < -0.4 is 15.3 Å². The van der Waals surface area contributed by atoms with Gasteiger partial charge in [-0.25, -0.2) is 9.18 Å². The highest BCUT2D eigenvalue weighted by Crippen LogP contribution is 2.49. The molecule has 4 aromatic rings. The Hall–Kier alpha value is -4.44. The molecule has 0 bridgehead atoms. The molecule has 0 spiro atoms. The largest absolute Gasteiger partial charge is 0.507 e. The summed E-state index contributed by atoms with van der Waals surface area (Å²) >= 11 is 7.02. The summed E-state index contributed by atoms with van der Waals surface area (Å²) in [6.45, 7) is 12.9. The maximum absolute atomic E-state index is 15.4. The Labute approximate surface area is 259 Å². The van der Waals surface area contributed by atoms with Crippen LogP contribution in [0, 0.1) is 5.82 Å². The van der Waals surface area contributed by atoms with Crippen LogP contribution in [-0.4, -0.2) is 62.7 Å². The SMILES string of the molecule is C=CC(=O)N1CCN2c3nc(=O)n(-c4c(C(C)C)ccnc4C(C)C)c4cc(-c5c(O)cccc5F)c(Cl)c(c34)OCC2C1. The number of hydrogen-bond donors (Lipinski definition) is 1. The standard InChI is InChI=1S/C33H33ClFN5O4/c1-6-25(42)38-12-13-39-19(15-38)16-44-31-27-23(14-21(28(31)34)26-22(35)8-7-9-24(26)41)40(33(43)37-32(27)39)30-20(17(2)3)10-11-36-29(30)18(4)5/h6-11,14,17-19,41H,1,12-13,15-16H2,2-5H3. The number of anilines is 1. The Bertz CT molecular complexity index is 1840. The lowest BCUT2D eigenvalue weighted by atomic mass is 9.96. The summed E-state index contributed by atoms with van der Waals surface area (Å²) in [7, 11) is 0. The first-order valence-corrected chi connectivity index (χ1v) is 15.0. The van der Waals surface area contributed by atoms with E-state index in [0.717, 1.165) is 5.56 Å². The first-order valence-electron chi connectivity index (χ1n) is 14.6. The molecule has 9 nitrogen and oxygen atoms in total. The number of amides is 1. The van der Waals surface area contributed by atoms with E-state index in [1.54, 1.807) is 17.2 Å².